The Morgan fingerprint density at radius 1 is 1.07 bits per heavy atom. The molecule has 0 atom stereocenters. The molecule has 0 rings (SSSR count). The van der Waals surface area contributed by atoms with Crippen molar-refractivity contribution in [3.05, 3.63) is 0 Å². The lowest BCUT2D eigenvalue weighted by molar-refractivity contribution is 0.260. The Morgan fingerprint density at radius 2 is 1.71 bits per heavy atom. The molecule has 0 bridgehead atoms. The van der Waals surface area contributed by atoms with Crippen molar-refractivity contribution in [1.82, 2.24) is 0 Å². The summed E-state index contributed by atoms with van der Waals surface area (Å²) in [7, 11) is 0. The second-order valence-electron chi connectivity index (χ2n) is 3.03. The van der Waals surface area contributed by atoms with E-state index in [1.165, 1.54) is 6.08 Å². The Bertz CT molecular complexity index is 205. The van der Waals surface area contributed by atoms with E-state index < -0.39 is 0 Å². The predicted molar refractivity (Wildman–Crippen MR) is 52.3 cm³/mol. The third-order valence-corrected chi connectivity index (χ3v) is 1.90. The van der Waals surface area contributed by atoms with Crippen LogP contribution in [0.3, 0.4) is 0 Å². The maximum atomic E-state index is 9.71. The molecule has 0 fully saturated rings. The number of isocyanates is 1. The average Bonchev–Trinajstić information content (AvgIpc) is 2.21. The lowest BCUT2D eigenvalue weighted by atomic mass is 10.1. The van der Waals surface area contributed by atoms with Gasteiger partial charge in [0.2, 0.25) is 6.08 Å². The lowest BCUT2D eigenvalue weighted by Gasteiger charge is -1.98. The Morgan fingerprint density at radius 3 is 2.36 bits per heavy atom. The Kier molecular flexibility index (Phi) is 10.6. The highest BCUT2D eigenvalue weighted by Crippen LogP contribution is 2.05. The first kappa shape index (κ1) is 12.7. The molecule has 0 amide bonds. The minimum absolute atomic E-state index is 0.534. The fourth-order valence-electron chi connectivity index (χ4n) is 1.16. The van der Waals surface area contributed by atoms with Crippen molar-refractivity contribution in [2.24, 2.45) is 4.99 Å². The third-order valence-electron chi connectivity index (χ3n) is 1.90. The number of hydrogen-bond donors (Lipinski definition) is 0. The van der Waals surface area contributed by atoms with Crippen LogP contribution in [-0.4, -0.2) is 19.2 Å². The van der Waals surface area contributed by atoms with Crippen molar-refractivity contribution in [3.8, 4) is 6.26 Å². The molecule has 0 unspecified atom stereocenters. The second-order valence-corrected chi connectivity index (χ2v) is 3.03. The van der Waals surface area contributed by atoms with Gasteiger partial charge in [-0.3, -0.25) is 0 Å². The maximum Gasteiger partial charge on any atom is 0.286 e. The van der Waals surface area contributed by atoms with Crippen molar-refractivity contribution in [3.63, 3.8) is 0 Å². The first-order valence-electron chi connectivity index (χ1n) is 4.96. The minimum atomic E-state index is 0.534. The lowest BCUT2D eigenvalue weighted by Crippen LogP contribution is -1.88. The molecule has 0 radical (unpaired) electrons. The molecule has 0 saturated carbocycles. The van der Waals surface area contributed by atoms with Crippen LogP contribution in [0.4, 0.5) is 0 Å². The summed E-state index contributed by atoms with van der Waals surface area (Å²) in [4.78, 5) is 13.2. The number of nitrogens with zero attached hydrogens (tertiary/aromatic N) is 2. The molecule has 4 heteroatoms. The predicted octanol–water partition coefficient (Wildman–Crippen LogP) is 2.16. The van der Waals surface area contributed by atoms with Crippen LogP contribution in [-0.2, 0) is 9.53 Å². The van der Waals surface area contributed by atoms with Crippen molar-refractivity contribution >= 4 is 6.08 Å². The van der Waals surface area contributed by atoms with E-state index in [-0.39, 0.29) is 0 Å². The molecule has 0 aromatic carbocycles. The molecular formula is C10H16N2O2. The van der Waals surface area contributed by atoms with Crippen LogP contribution in [0.2, 0.25) is 0 Å². The van der Waals surface area contributed by atoms with E-state index in [0.717, 1.165) is 38.5 Å². The zero-order chi connectivity index (χ0) is 10.5. The Labute approximate surface area is 84.6 Å². The van der Waals surface area contributed by atoms with E-state index >= 15 is 0 Å². The first-order chi connectivity index (χ1) is 6.91. The molecule has 14 heavy (non-hydrogen) atoms. The van der Waals surface area contributed by atoms with Gasteiger partial charge < -0.3 is 4.74 Å². The van der Waals surface area contributed by atoms with Gasteiger partial charge in [-0.25, -0.2) is 9.79 Å². The minimum Gasteiger partial charge on any atom is -0.428 e. The van der Waals surface area contributed by atoms with Gasteiger partial charge in [-0.2, -0.15) is 5.26 Å². The summed E-state index contributed by atoms with van der Waals surface area (Å²) in [6.07, 6.45) is 9.57. The largest absolute Gasteiger partial charge is 0.428 e. The summed E-state index contributed by atoms with van der Waals surface area (Å²) in [5.74, 6) is 0. The topological polar surface area (TPSA) is 62.4 Å². The van der Waals surface area contributed by atoms with Crippen LogP contribution in [0.5, 0.6) is 0 Å². The van der Waals surface area contributed by atoms with E-state index in [0.29, 0.717) is 13.2 Å². The molecular weight excluding hydrogens is 180 g/mol. The third kappa shape index (κ3) is 10.7. The molecule has 0 aromatic rings. The van der Waals surface area contributed by atoms with Crippen molar-refractivity contribution in [2.75, 3.05) is 13.2 Å². The van der Waals surface area contributed by atoms with Crippen LogP contribution >= 0.6 is 0 Å². The number of hydrogen-bond acceptors (Lipinski definition) is 4. The molecule has 0 saturated heterocycles. The molecule has 0 aliphatic carbocycles. The van der Waals surface area contributed by atoms with Gasteiger partial charge in [0, 0.05) is 0 Å². The van der Waals surface area contributed by atoms with Gasteiger partial charge in [-0.05, 0) is 12.8 Å². The number of aliphatic imine (C=N–C) groups is 1. The van der Waals surface area contributed by atoms with E-state index in [4.69, 9.17) is 5.26 Å². The number of unbranched alkanes of at least 4 members (excludes halogenated alkanes) is 5. The quantitative estimate of drug-likeness (QED) is 0.246. The van der Waals surface area contributed by atoms with Crippen LogP contribution in [0, 0.1) is 11.5 Å². The van der Waals surface area contributed by atoms with Gasteiger partial charge >= 0.3 is 0 Å². The van der Waals surface area contributed by atoms with Gasteiger partial charge in [-0.15, -0.1) is 0 Å². The fraction of sp³-hybridized carbons (Fsp3) is 0.800. The van der Waals surface area contributed by atoms with Gasteiger partial charge in [0.1, 0.15) is 6.61 Å². The highest BCUT2D eigenvalue weighted by molar-refractivity contribution is 5.32. The second kappa shape index (κ2) is 11.7. The molecule has 78 valence electrons. The molecule has 4 nitrogen and oxygen atoms in total. The smallest absolute Gasteiger partial charge is 0.286 e. The van der Waals surface area contributed by atoms with Crippen molar-refractivity contribution in [1.29, 1.82) is 5.26 Å². The summed E-state index contributed by atoms with van der Waals surface area (Å²) < 4.78 is 4.54. The fourth-order valence-corrected chi connectivity index (χ4v) is 1.16. The average molecular weight is 196 g/mol. The van der Waals surface area contributed by atoms with Gasteiger partial charge in [-0.1, -0.05) is 25.7 Å². The molecule has 0 aliphatic rings. The summed E-state index contributed by atoms with van der Waals surface area (Å²) >= 11 is 0. The van der Waals surface area contributed by atoms with Crippen LogP contribution < -0.4 is 0 Å². The van der Waals surface area contributed by atoms with Gasteiger partial charge in [0.15, 0.2) is 0 Å². The summed E-state index contributed by atoms with van der Waals surface area (Å²) in [6.45, 7) is 1.13. The van der Waals surface area contributed by atoms with E-state index in [9.17, 15) is 4.79 Å². The van der Waals surface area contributed by atoms with Crippen LogP contribution in [0.1, 0.15) is 38.5 Å². The Balaban J connectivity index is 2.92. The van der Waals surface area contributed by atoms with Gasteiger partial charge in [0.25, 0.3) is 6.26 Å². The zero-order valence-electron chi connectivity index (χ0n) is 8.37. The standard InChI is InChI=1S/C10H16N2O2/c11-9-14-8-6-4-2-1-3-5-7-12-10-13/h1-8H2. The highest BCUT2D eigenvalue weighted by atomic mass is 16.5. The van der Waals surface area contributed by atoms with E-state index in [1.54, 1.807) is 6.26 Å². The monoisotopic (exact) mass is 196 g/mol. The van der Waals surface area contributed by atoms with E-state index in [2.05, 4.69) is 9.73 Å². The van der Waals surface area contributed by atoms with Crippen LogP contribution in [0.25, 0.3) is 0 Å². The molecule has 0 aromatic heterocycles. The summed E-state index contributed by atoms with van der Waals surface area (Å²) in [6, 6.07) is 0. The summed E-state index contributed by atoms with van der Waals surface area (Å²) in [5.41, 5.74) is 0. The van der Waals surface area contributed by atoms with Crippen molar-refractivity contribution < 1.29 is 9.53 Å². The van der Waals surface area contributed by atoms with Gasteiger partial charge in [0.05, 0.1) is 6.54 Å². The normalized spacial score (nSPS) is 8.79. The number of rotatable bonds is 9. The zero-order valence-corrected chi connectivity index (χ0v) is 8.37. The number of ether oxygens (including phenoxy) is 1. The number of nitriles is 1. The maximum absolute atomic E-state index is 9.71. The Hall–Kier alpha value is -1.33. The molecule has 0 aliphatic heterocycles. The van der Waals surface area contributed by atoms with Crippen LogP contribution in [0.15, 0.2) is 4.99 Å². The SMILES string of the molecule is N#COCCCCCCCCN=C=O. The molecule has 0 spiro atoms. The van der Waals surface area contributed by atoms with Crippen molar-refractivity contribution in [2.45, 2.75) is 38.5 Å². The summed E-state index contributed by atoms with van der Waals surface area (Å²) in [5, 5.41) is 8.08. The molecule has 0 heterocycles. The first-order valence-corrected chi connectivity index (χ1v) is 4.96. The number of carbonyl (C=O) groups excluding carboxylic acids is 1. The molecule has 0 N–H and O–H groups in total. The highest BCUT2D eigenvalue weighted by Gasteiger charge is 1.91. The van der Waals surface area contributed by atoms with E-state index in [1.807, 2.05) is 0 Å².